The summed E-state index contributed by atoms with van der Waals surface area (Å²) < 4.78 is 0. The zero-order valence-corrected chi connectivity index (χ0v) is 15.7. The lowest BCUT2D eigenvalue weighted by Crippen LogP contribution is -2.52. The number of carbonyl (C=O) groups excluding carboxylic acids is 3. The quantitative estimate of drug-likeness (QED) is 0.760. The molecular weight excluding hydrogens is 344 g/mol. The molecule has 0 aliphatic carbocycles. The van der Waals surface area contributed by atoms with Crippen LogP contribution in [0.2, 0.25) is 0 Å². The van der Waals surface area contributed by atoms with Gasteiger partial charge in [0.2, 0.25) is 11.8 Å². The van der Waals surface area contributed by atoms with Gasteiger partial charge in [-0.1, -0.05) is 19.1 Å². The van der Waals surface area contributed by atoms with E-state index < -0.39 is 6.04 Å². The second-order valence-corrected chi connectivity index (χ2v) is 7.69. The number of hydrogen-bond donors (Lipinski definition) is 2. The summed E-state index contributed by atoms with van der Waals surface area (Å²) in [5.74, 6) is -0.734. The summed E-state index contributed by atoms with van der Waals surface area (Å²) in [6.45, 7) is 6.58. The molecule has 0 radical (unpaired) electrons. The van der Waals surface area contributed by atoms with E-state index in [-0.39, 0.29) is 24.1 Å². The molecule has 0 aromatic heterocycles. The van der Waals surface area contributed by atoms with Gasteiger partial charge in [-0.3, -0.25) is 24.6 Å². The molecule has 2 fully saturated rings. The van der Waals surface area contributed by atoms with Gasteiger partial charge in [0.15, 0.2) is 0 Å². The van der Waals surface area contributed by atoms with Gasteiger partial charge < -0.3 is 10.2 Å². The minimum Gasteiger partial charge on any atom is -0.322 e. The average Bonchev–Trinajstić information content (AvgIpc) is 2.98. The van der Waals surface area contributed by atoms with Crippen LogP contribution < -0.4 is 10.6 Å². The van der Waals surface area contributed by atoms with Gasteiger partial charge in [0.1, 0.15) is 6.04 Å². The third-order valence-electron chi connectivity index (χ3n) is 5.83. The fraction of sp³-hybridized carbons (Fsp3) is 0.550. The topological polar surface area (TPSA) is 81.8 Å². The maximum absolute atomic E-state index is 12.7. The first-order chi connectivity index (χ1) is 13.0. The predicted octanol–water partition coefficient (Wildman–Crippen LogP) is 0.631. The van der Waals surface area contributed by atoms with Gasteiger partial charge in [-0.25, -0.2) is 0 Å². The van der Waals surface area contributed by atoms with Crippen molar-refractivity contribution in [1.29, 1.82) is 0 Å². The molecular formula is C20H26N4O3. The second kappa shape index (κ2) is 7.40. The van der Waals surface area contributed by atoms with Gasteiger partial charge in [0.25, 0.3) is 5.91 Å². The van der Waals surface area contributed by atoms with Gasteiger partial charge in [-0.2, -0.15) is 0 Å². The number of carbonyl (C=O) groups is 3. The SMILES string of the molecule is CCC1CN(Cc2ccc3c(c2)CN(C2CCC(=O)NC2=O)C3=O)CCN1. The average molecular weight is 370 g/mol. The highest BCUT2D eigenvalue weighted by molar-refractivity contribution is 6.05. The number of amides is 3. The van der Waals surface area contributed by atoms with Crippen LogP contribution in [0.3, 0.4) is 0 Å². The van der Waals surface area contributed by atoms with E-state index in [0.29, 0.717) is 24.6 Å². The Bertz CT molecular complexity index is 778. The maximum Gasteiger partial charge on any atom is 0.255 e. The van der Waals surface area contributed by atoms with E-state index in [1.54, 1.807) is 4.90 Å². The number of benzene rings is 1. The summed E-state index contributed by atoms with van der Waals surface area (Å²) in [6.07, 6.45) is 1.80. The Balaban J connectivity index is 1.46. The Labute approximate surface area is 159 Å². The van der Waals surface area contributed by atoms with Crippen molar-refractivity contribution >= 4 is 17.7 Å². The smallest absolute Gasteiger partial charge is 0.255 e. The van der Waals surface area contributed by atoms with Gasteiger partial charge in [-0.05, 0) is 30.0 Å². The van der Waals surface area contributed by atoms with Gasteiger partial charge in [-0.15, -0.1) is 0 Å². The van der Waals surface area contributed by atoms with Crippen molar-refractivity contribution in [2.24, 2.45) is 0 Å². The first kappa shape index (κ1) is 18.1. The molecule has 3 heterocycles. The summed E-state index contributed by atoms with van der Waals surface area (Å²) >= 11 is 0. The number of piperazine rings is 1. The van der Waals surface area contributed by atoms with Crippen LogP contribution in [0.4, 0.5) is 0 Å². The maximum atomic E-state index is 12.7. The molecule has 0 bridgehead atoms. The van der Waals surface area contributed by atoms with Crippen LogP contribution in [-0.2, 0) is 22.7 Å². The fourth-order valence-corrected chi connectivity index (χ4v) is 4.30. The van der Waals surface area contributed by atoms with Crippen molar-refractivity contribution in [3.05, 3.63) is 34.9 Å². The van der Waals surface area contributed by atoms with Crippen LogP contribution in [-0.4, -0.2) is 59.2 Å². The summed E-state index contributed by atoms with van der Waals surface area (Å²) in [5, 5.41) is 5.87. The normalized spacial score (nSPS) is 26.3. The van der Waals surface area contributed by atoms with E-state index in [2.05, 4.69) is 28.5 Å². The minimum absolute atomic E-state index is 0.112. The number of hydrogen-bond acceptors (Lipinski definition) is 5. The Morgan fingerprint density at radius 1 is 1.22 bits per heavy atom. The van der Waals surface area contributed by atoms with Crippen LogP contribution in [0.5, 0.6) is 0 Å². The largest absolute Gasteiger partial charge is 0.322 e. The number of nitrogens with zero attached hydrogens (tertiary/aromatic N) is 2. The van der Waals surface area contributed by atoms with Crippen LogP contribution in [0, 0.1) is 0 Å². The Morgan fingerprint density at radius 3 is 2.85 bits per heavy atom. The lowest BCUT2D eigenvalue weighted by molar-refractivity contribution is -0.136. The summed E-state index contributed by atoms with van der Waals surface area (Å²) in [5.41, 5.74) is 2.85. The molecule has 0 spiro atoms. The molecule has 4 rings (SSSR count). The van der Waals surface area contributed by atoms with E-state index >= 15 is 0 Å². The third-order valence-corrected chi connectivity index (χ3v) is 5.83. The summed E-state index contributed by atoms with van der Waals surface area (Å²) in [6, 6.07) is 6.00. The molecule has 1 aromatic rings. The number of rotatable bonds is 4. The van der Waals surface area contributed by atoms with Crippen LogP contribution >= 0.6 is 0 Å². The molecule has 2 N–H and O–H groups in total. The molecule has 3 aliphatic rings. The van der Waals surface area contributed by atoms with Gasteiger partial charge >= 0.3 is 0 Å². The number of fused-ring (bicyclic) bond motifs is 1. The van der Waals surface area contributed by atoms with Crippen LogP contribution in [0.15, 0.2) is 18.2 Å². The predicted molar refractivity (Wildman–Crippen MR) is 99.8 cm³/mol. The van der Waals surface area contributed by atoms with E-state index in [4.69, 9.17) is 0 Å². The highest BCUT2D eigenvalue weighted by atomic mass is 16.2. The van der Waals surface area contributed by atoms with Gasteiger partial charge in [0, 0.05) is 50.7 Å². The molecule has 3 aliphatic heterocycles. The number of piperidine rings is 1. The molecule has 0 saturated carbocycles. The van der Waals surface area contributed by atoms with E-state index in [0.717, 1.165) is 38.2 Å². The molecule has 144 valence electrons. The molecule has 2 atom stereocenters. The molecule has 3 amide bonds. The first-order valence-electron chi connectivity index (χ1n) is 9.77. The van der Waals surface area contributed by atoms with Crippen molar-refractivity contribution in [2.45, 2.75) is 51.4 Å². The Kier molecular flexibility index (Phi) is 4.97. The van der Waals surface area contributed by atoms with Crippen molar-refractivity contribution in [3.8, 4) is 0 Å². The summed E-state index contributed by atoms with van der Waals surface area (Å²) in [7, 11) is 0. The molecule has 2 saturated heterocycles. The monoisotopic (exact) mass is 370 g/mol. The van der Waals surface area contributed by atoms with E-state index in [1.165, 1.54) is 5.56 Å². The zero-order valence-electron chi connectivity index (χ0n) is 15.7. The van der Waals surface area contributed by atoms with Crippen molar-refractivity contribution in [3.63, 3.8) is 0 Å². The van der Waals surface area contributed by atoms with E-state index in [1.807, 2.05) is 12.1 Å². The zero-order chi connectivity index (χ0) is 19.0. The molecule has 7 nitrogen and oxygen atoms in total. The van der Waals surface area contributed by atoms with Crippen molar-refractivity contribution in [2.75, 3.05) is 19.6 Å². The lowest BCUT2D eigenvalue weighted by atomic mass is 10.0. The van der Waals surface area contributed by atoms with Gasteiger partial charge in [0.05, 0.1) is 0 Å². The number of imide groups is 1. The Hall–Kier alpha value is -2.25. The third kappa shape index (κ3) is 3.61. The standard InChI is InChI=1S/C20H26N4O3/c1-2-15-12-23(8-7-21-15)10-13-3-4-16-14(9-13)11-24(20(16)27)17-5-6-18(25)22-19(17)26/h3-4,9,15,17,21H,2,5-8,10-12H2,1H3,(H,22,25,26). The Morgan fingerprint density at radius 2 is 2.07 bits per heavy atom. The molecule has 1 aromatic carbocycles. The van der Waals surface area contributed by atoms with Crippen LogP contribution in [0.25, 0.3) is 0 Å². The molecule has 2 unspecified atom stereocenters. The van der Waals surface area contributed by atoms with Crippen molar-refractivity contribution < 1.29 is 14.4 Å². The fourth-order valence-electron chi connectivity index (χ4n) is 4.30. The second-order valence-electron chi connectivity index (χ2n) is 7.69. The van der Waals surface area contributed by atoms with Crippen molar-refractivity contribution in [1.82, 2.24) is 20.4 Å². The minimum atomic E-state index is -0.551. The highest BCUT2D eigenvalue weighted by Crippen LogP contribution is 2.28. The molecule has 27 heavy (non-hydrogen) atoms. The highest BCUT2D eigenvalue weighted by Gasteiger charge is 2.39. The summed E-state index contributed by atoms with van der Waals surface area (Å²) in [4.78, 5) is 40.3. The number of nitrogens with one attached hydrogen (secondary N) is 2. The molecule has 7 heteroatoms. The van der Waals surface area contributed by atoms with E-state index in [9.17, 15) is 14.4 Å². The lowest BCUT2D eigenvalue weighted by Gasteiger charge is -2.33. The van der Waals surface area contributed by atoms with Crippen LogP contribution in [0.1, 0.15) is 47.7 Å². The first-order valence-corrected chi connectivity index (χ1v) is 9.77.